The van der Waals surface area contributed by atoms with Crippen molar-refractivity contribution in [3.8, 4) is 67.5 Å². The molecule has 0 saturated heterocycles. The van der Waals surface area contributed by atoms with Crippen molar-refractivity contribution < 1.29 is 19.7 Å². The molecule has 0 spiro atoms. The van der Waals surface area contributed by atoms with E-state index in [0.29, 0.717) is 31.1 Å². The average molecular weight is 721 g/mol. The fraction of sp³-hybridized carbons (Fsp3) is 0.137. The molecule has 0 aliphatic rings. The van der Waals surface area contributed by atoms with Gasteiger partial charge in [0.25, 0.3) is 0 Å². The van der Waals surface area contributed by atoms with Crippen LogP contribution in [0.1, 0.15) is 28.7 Å². The van der Waals surface area contributed by atoms with Crippen molar-refractivity contribution in [3.05, 3.63) is 168 Å². The van der Waals surface area contributed by atoms with Gasteiger partial charge in [-0.15, -0.1) is 0 Å². The van der Waals surface area contributed by atoms with Crippen LogP contribution in [-0.2, 0) is 0 Å². The topological polar surface area (TPSA) is 58.9 Å². The molecule has 0 bridgehead atoms. The van der Waals surface area contributed by atoms with E-state index in [1.54, 1.807) is 0 Å². The molecule has 0 aromatic heterocycles. The quantitative estimate of drug-likeness (QED) is 0.138. The number of hydrogen-bond acceptors (Lipinski definition) is 4. The SMILES string of the molecule is Cc1cc(-c2ccccc2OCCCOc2ccccc2-c2cc(C)cc(-c3c(C)ccc4ccccc34)c2O)c(O)c(-c2c(C)ccc3ccccc23)c1. The van der Waals surface area contributed by atoms with Gasteiger partial charge in [-0.25, -0.2) is 0 Å². The van der Waals surface area contributed by atoms with E-state index in [1.807, 2.05) is 84.9 Å². The summed E-state index contributed by atoms with van der Waals surface area (Å²) in [6.07, 6.45) is 0.628. The summed E-state index contributed by atoms with van der Waals surface area (Å²) in [5.74, 6) is 1.87. The first-order valence-electron chi connectivity index (χ1n) is 18.9. The van der Waals surface area contributed by atoms with Crippen molar-refractivity contribution in [2.75, 3.05) is 13.2 Å². The predicted octanol–water partition coefficient (Wildman–Crippen LogP) is 13.2. The van der Waals surface area contributed by atoms with Crippen LogP contribution in [0.5, 0.6) is 23.0 Å². The molecule has 0 aliphatic carbocycles. The van der Waals surface area contributed by atoms with Crippen molar-refractivity contribution in [2.45, 2.75) is 34.1 Å². The molecule has 0 radical (unpaired) electrons. The minimum absolute atomic E-state index is 0.235. The molecule has 0 unspecified atom stereocenters. The largest absolute Gasteiger partial charge is 0.507 e. The number of rotatable bonds is 10. The van der Waals surface area contributed by atoms with Gasteiger partial charge in [0.15, 0.2) is 0 Å². The van der Waals surface area contributed by atoms with Crippen LogP contribution in [0.2, 0.25) is 0 Å². The second kappa shape index (κ2) is 15.1. The third-order valence-electron chi connectivity index (χ3n) is 10.5. The van der Waals surface area contributed by atoms with Gasteiger partial charge in [-0.05, 0) is 119 Å². The first-order valence-corrected chi connectivity index (χ1v) is 18.9. The Balaban J connectivity index is 1.02. The van der Waals surface area contributed by atoms with Gasteiger partial charge < -0.3 is 19.7 Å². The lowest BCUT2D eigenvalue weighted by atomic mass is 9.89. The van der Waals surface area contributed by atoms with E-state index in [-0.39, 0.29) is 11.5 Å². The molecule has 8 aromatic rings. The second-order valence-corrected chi connectivity index (χ2v) is 14.4. The van der Waals surface area contributed by atoms with Crippen LogP contribution >= 0.6 is 0 Å². The van der Waals surface area contributed by atoms with Crippen molar-refractivity contribution in [2.24, 2.45) is 0 Å². The predicted molar refractivity (Wildman–Crippen MR) is 228 cm³/mol. The second-order valence-electron chi connectivity index (χ2n) is 14.4. The van der Waals surface area contributed by atoms with Gasteiger partial charge >= 0.3 is 0 Å². The normalized spacial score (nSPS) is 11.3. The number of ether oxygens (including phenoxy) is 2. The van der Waals surface area contributed by atoms with E-state index in [1.165, 1.54) is 0 Å². The molecular formula is C51H44O4. The van der Waals surface area contributed by atoms with Crippen LogP contribution in [-0.4, -0.2) is 23.4 Å². The molecule has 55 heavy (non-hydrogen) atoms. The summed E-state index contributed by atoms with van der Waals surface area (Å²) >= 11 is 0. The Morgan fingerprint density at radius 1 is 0.400 bits per heavy atom. The number of phenolic OH excluding ortho intramolecular Hbond substituents is 2. The number of phenols is 2. The minimum atomic E-state index is 0.235. The van der Waals surface area contributed by atoms with Gasteiger partial charge in [0, 0.05) is 39.8 Å². The van der Waals surface area contributed by atoms with Gasteiger partial charge in [-0.1, -0.05) is 109 Å². The number of para-hydroxylation sites is 2. The van der Waals surface area contributed by atoms with E-state index < -0.39 is 0 Å². The van der Waals surface area contributed by atoms with Crippen LogP contribution in [0.15, 0.2) is 146 Å². The molecule has 4 heteroatoms. The van der Waals surface area contributed by atoms with Gasteiger partial charge in [-0.2, -0.15) is 0 Å². The molecule has 8 aromatic carbocycles. The summed E-state index contributed by atoms with van der Waals surface area (Å²) in [7, 11) is 0. The fourth-order valence-corrected chi connectivity index (χ4v) is 7.88. The van der Waals surface area contributed by atoms with E-state index in [9.17, 15) is 10.2 Å². The van der Waals surface area contributed by atoms with Crippen LogP contribution in [0.3, 0.4) is 0 Å². The Morgan fingerprint density at radius 2 is 0.782 bits per heavy atom. The van der Waals surface area contributed by atoms with Crippen LogP contribution in [0, 0.1) is 27.7 Å². The van der Waals surface area contributed by atoms with E-state index in [0.717, 1.165) is 88.3 Å². The molecule has 0 fully saturated rings. The third-order valence-corrected chi connectivity index (χ3v) is 10.5. The zero-order chi connectivity index (χ0) is 38.1. The van der Waals surface area contributed by atoms with Crippen molar-refractivity contribution >= 4 is 21.5 Å². The number of aryl methyl sites for hydroxylation is 4. The number of aromatic hydroxyl groups is 2. The zero-order valence-electron chi connectivity index (χ0n) is 31.7. The fourth-order valence-electron chi connectivity index (χ4n) is 7.88. The molecule has 0 amide bonds. The number of fused-ring (bicyclic) bond motifs is 2. The summed E-state index contributed by atoms with van der Waals surface area (Å²) in [4.78, 5) is 0. The third kappa shape index (κ3) is 6.88. The van der Waals surface area contributed by atoms with Crippen LogP contribution in [0.25, 0.3) is 66.1 Å². The Morgan fingerprint density at radius 3 is 1.24 bits per heavy atom. The van der Waals surface area contributed by atoms with E-state index >= 15 is 0 Å². The molecule has 0 saturated carbocycles. The molecule has 272 valence electrons. The monoisotopic (exact) mass is 720 g/mol. The molecule has 0 atom stereocenters. The van der Waals surface area contributed by atoms with Gasteiger partial charge in [0.05, 0.1) is 13.2 Å². The Labute approximate surface area is 322 Å². The summed E-state index contributed by atoms with van der Waals surface area (Å²) in [6.45, 7) is 9.15. The van der Waals surface area contributed by atoms with Crippen LogP contribution < -0.4 is 9.47 Å². The van der Waals surface area contributed by atoms with E-state index in [4.69, 9.17) is 9.47 Å². The van der Waals surface area contributed by atoms with Crippen molar-refractivity contribution in [3.63, 3.8) is 0 Å². The molecule has 8 rings (SSSR count). The minimum Gasteiger partial charge on any atom is -0.507 e. The van der Waals surface area contributed by atoms with Gasteiger partial charge in [0.1, 0.15) is 23.0 Å². The first-order chi connectivity index (χ1) is 26.8. The lowest BCUT2D eigenvalue weighted by Gasteiger charge is -2.19. The maximum Gasteiger partial charge on any atom is 0.131 e. The Hall–Kier alpha value is -6.52. The highest BCUT2D eigenvalue weighted by atomic mass is 16.5. The molecule has 4 nitrogen and oxygen atoms in total. The maximum absolute atomic E-state index is 11.9. The van der Waals surface area contributed by atoms with E-state index in [2.05, 4.69) is 88.4 Å². The number of benzene rings is 8. The standard InChI is InChI=1S/C51H44O4/c1-32-28-42(50(52)44(30-32)48-34(3)22-24-36-14-5-7-16-38(36)48)40-18-9-11-20-46(40)54-26-13-27-55-47-21-12-10-19-41(47)43-29-33(2)31-45(51(43)53)49-35(4)23-25-37-15-6-8-17-39(37)49/h5-12,14-25,28-31,52-53H,13,26-27H2,1-4H3. The number of hydrogen-bond donors (Lipinski definition) is 2. The van der Waals surface area contributed by atoms with Crippen LogP contribution in [0.4, 0.5) is 0 Å². The summed E-state index contributed by atoms with van der Waals surface area (Å²) < 4.78 is 12.8. The van der Waals surface area contributed by atoms with Gasteiger partial charge in [0.2, 0.25) is 0 Å². The highest BCUT2D eigenvalue weighted by Gasteiger charge is 2.20. The molecule has 2 N–H and O–H groups in total. The highest BCUT2D eigenvalue weighted by Crippen LogP contribution is 2.47. The van der Waals surface area contributed by atoms with Crippen molar-refractivity contribution in [1.82, 2.24) is 0 Å². The van der Waals surface area contributed by atoms with Crippen molar-refractivity contribution in [1.29, 1.82) is 0 Å². The van der Waals surface area contributed by atoms with Gasteiger partial charge in [-0.3, -0.25) is 0 Å². The highest BCUT2D eigenvalue weighted by molar-refractivity contribution is 6.02. The maximum atomic E-state index is 11.9. The summed E-state index contributed by atoms with van der Waals surface area (Å²) in [5, 5.41) is 28.2. The smallest absolute Gasteiger partial charge is 0.131 e. The summed E-state index contributed by atoms with van der Waals surface area (Å²) in [5.41, 5.74) is 11.2. The zero-order valence-corrected chi connectivity index (χ0v) is 31.7. The average Bonchev–Trinajstić information content (AvgIpc) is 3.20. The molecule has 0 heterocycles. The summed E-state index contributed by atoms with van der Waals surface area (Å²) in [6, 6.07) is 49.0. The lowest BCUT2D eigenvalue weighted by molar-refractivity contribution is 0.248. The lowest BCUT2D eigenvalue weighted by Crippen LogP contribution is -2.06. The molecule has 0 aliphatic heterocycles. The Bertz CT molecular complexity index is 2520. The molecular weight excluding hydrogens is 677 g/mol. The Kier molecular flexibility index (Phi) is 9.73. The first kappa shape index (κ1) is 35.5.